The molecule has 0 unspecified atom stereocenters. The van der Waals surface area contributed by atoms with Gasteiger partial charge in [-0.2, -0.15) is 13.2 Å². The van der Waals surface area contributed by atoms with Crippen LogP contribution in [-0.2, 0) is 23.1 Å². The normalized spacial score (nSPS) is 12.7. The molecule has 29 heavy (non-hydrogen) atoms. The minimum Gasteiger partial charge on any atom is -0.312 e. The Kier molecular flexibility index (Phi) is 4.38. The average Bonchev–Trinajstić information content (AvgIpc) is 3.02. The highest BCUT2D eigenvalue weighted by Crippen LogP contribution is 2.35. The molecule has 0 radical (unpaired) electrons. The fourth-order valence-electron chi connectivity index (χ4n) is 3.28. The zero-order valence-corrected chi connectivity index (χ0v) is 16.3. The highest BCUT2D eigenvalue weighted by atomic mass is 32.2. The molecule has 2 aromatic carbocycles. The summed E-state index contributed by atoms with van der Waals surface area (Å²) in [6.45, 7) is 1.54. The maximum absolute atomic E-state index is 13.0. The Bertz CT molecular complexity index is 1360. The molecule has 0 spiro atoms. The first-order valence-corrected chi connectivity index (χ1v) is 10.4. The smallest absolute Gasteiger partial charge is 0.312 e. The Morgan fingerprint density at radius 3 is 2.34 bits per heavy atom. The fourth-order valence-corrected chi connectivity index (χ4v) is 4.38. The van der Waals surface area contributed by atoms with Crippen molar-refractivity contribution in [3.8, 4) is 11.4 Å². The number of pyridine rings is 1. The highest BCUT2D eigenvalue weighted by Gasteiger charge is 2.32. The van der Waals surface area contributed by atoms with Crippen molar-refractivity contribution in [1.82, 2.24) is 14.5 Å². The second-order valence-electron chi connectivity index (χ2n) is 6.66. The van der Waals surface area contributed by atoms with Gasteiger partial charge in [0.05, 0.1) is 16.2 Å². The van der Waals surface area contributed by atoms with Crippen molar-refractivity contribution < 1.29 is 21.6 Å². The van der Waals surface area contributed by atoms with Crippen molar-refractivity contribution in [3.05, 3.63) is 54.2 Å². The molecular weight excluding hydrogens is 403 g/mol. The number of hydrogen-bond acceptors (Lipinski definition) is 4. The molecule has 0 aliphatic carbocycles. The third-order valence-electron chi connectivity index (χ3n) is 4.84. The fraction of sp³-hybridized carbons (Fsp3) is 0.200. The van der Waals surface area contributed by atoms with Gasteiger partial charge in [-0.3, -0.25) is 0 Å². The van der Waals surface area contributed by atoms with Gasteiger partial charge in [-0.05, 0) is 29.0 Å². The summed E-state index contributed by atoms with van der Waals surface area (Å²) in [5.41, 5.74) is -0.291. The molecule has 0 aliphatic rings. The summed E-state index contributed by atoms with van der Waals surface area (Å²) < 4.78 is 66.1. The van der Waals surface area contributed by atoms with Crippen LogP contribution in [-0.4, -0.2) is 28.7 Å². The SMILES string of the molecule is CCS(=O)(=O)c1cc2ccccc2cc1-c1nc2cc(C(F)(F)F)cnc2n1C. The van der Waals surface area contributed by atoms with Crippen molar-refractivity contribution in [1.29, 1.82) is 0 Å². The number of aryl methyl sites for hydroxylation is 1. The van der Waals surface area contributed by atoms with Gasteiger partial charge in [0.1, 0.15) is 11.3 Å². The van der Waals surface area contributed by atoms with Gasteiger partial charge >= 0.3 is 6.18 Å². The lowest BCUT2D eigenvalue weighted by Gasteiger charge is -2.11. The molecule has 0 saturated heterocycles. The number of nitrogens with zero attached hydrogens (tertiary/aromatic N) is 3. The molecule has 5 nitrogen and oxygen atoms in total. The number of alkyl halides is 3. The van der Waals surface area contributed by atoms with Crippen molar-refractivity contribution >= 4 is 31.8 Å². The predicted octanol–water partition coefficient (Wildman–Crippen LogP) is 4.60. The van der Waals surface area contributed by atoms with E-state index in [1.807, 2.05) is 18.2 Å². The Labute approximate surface area is 164 Å². The second-order valence-corrected chi connectivity index (χ2v) is 8.90. The molecule has 0 aliphatic heterocycles. The number of aromatic nitrogens is 3. The Balaban J connectivity index is 2.04. The van der Waals surface area contributed by atoms with E-state index in [0.29, 0.717) is 5.56 Å². The van der Waals surface area contributed by atoms with Crippen molar-refractivity contribution in [2.24, 2.45) is 7.05 Å². The van der Waals surface area contributed by atoms with Crippen LogP contribution in [0.15, 0.2) is 53.6 Å². The quantitative estimate of drug-likeness (QED) is 0.487. The number of rotatable bonds is 3. The molecule has 0 amide bonds. The van der Waals surface area contributed by atoms with E-state index in [4.69, 9.17) is 0 Å². The van der Waals surface area contributed by atoms with Crippen LogP contribution in [0.3, 0.4) is 0 Å². The highest BCUT2D eigenvalue weighted by molar-refractivity contribution is 7.91. The van der Waals surface area contributed by atoms with Crippen LogP contribution in [0.25, 0.3) is 33.3 Å². The largest absolute Gasteiger partial charge is 0.417 e. The van der Waals surface area contributed by atoms with Gasteiger partial charge in [0, 0.05) is 18.8 Å². The summed E-state index contributed by atoms with van der Waals surface area (Å²) in [6.07, 6.45) is -3.80. The molecule has 0 bridgehead atoms. The monoisotopic (exact) mass is 419 g/mol. The Morgan fingerprint density at radius 2 is 1.72 bits per heavy atom. The number of sulfone groups is 1. The van der Waals surface area contributed by atoms with Crippen LogP contribution >= 0.6 is 0 Å². The molecule has 0 fully saturated rings. The maximum Gasteiger partial charge on any atom is 0.417 e. The van der Waals surface area contributed by atoms with E-state index in [1.54, 1.807) is 32.2 Å². The lowest BCUT2D eigenvalue weighted by molar-refractivity contribution is -0.137. The van der Waals surface area contributed by atoms with Crippen LogP contribution in [0.1, 0.15) is 12.5 Å². The first kappa shape index (κ1) is 19.4. The van der Waals surface area contributed by atoms with Crippen molar-refractivity contribution in [3.63, 3.8) is 0 Å². The first-order chi connectivity index (χ1) is 13.6. The number of hydrogen-bond donors (Lipinski definition) is 0. The average molecular weight is 419 g/mol. The van der Waals surface area contributed by atoms with Crippen LogP contribution in [0, 0.1) is 0 Å². The summed E-state index contributed by atoms with van der Waals surface area (Å²) in [5.74, 6) is 0.128. The third kappa shape index (κ3) is 3.25. The van der Waals surface area contributed by atoms with E-state index in [0.717, 1.165) is 23.0 Å². The van der Waals surface area contributed by atoms with E-state index in [-0.39, 0.29) is 27.6 Å². The molecule has 4 aromatic rings. The molecule has 2 heterocycles. The van der Waals surface area contributed by atoms with Gasteiger partial charge < -0.3 is 4.57 Å². The summed E-state index contributed by atoms with van der Waals surface area (Å²) >= 11 is 0. The molecule has 4 rings (SSSR count). The maximum atomic E-state index is 13.0. The van der Waals surface area contributed by atoms with Crippen molar-refractivity contribution in [2.75, 3.05) is 5.75 Å². The van der Waals surface area contributed by atoms with E-state index in [2.05, 4.69) is 9.97 Å². The standard InChI is InChI=1S/C20H16F3N3O2S/c1-3-29(27,28)17-9-13-7-5-4-6-12(13)8-15(17)18-25-16-10-14(20(21,22)23)11-24-19(16)26(18)2/h4-11H,3H2,1-2H3. The summed E-state index contributed by atoms with van der Waals surface area (Å²) in [7, 11) is -2.01. The number of benzene rings is 2. The number of imidazole rings is 1. The van der Waals surface area contributed by atoms with Gasteiger partial charge in [0.25, 0.3) is 0 Å². The van der Waals surface area contributed by atoms with E-state index < -0.39 is 21.6 Å². The molecule has 150 valence electrons. The second kappa shape index (κ2) is 6.55. The first-order valence-electron chi connectivity index (χ1n) is 8.77. The lowest BCUT2D eigenvalue weighted by atomic mass is 10.1. The molecule has 0 saturated carbocycles. The zero-order valence-electron chi connectivity index (χ0n) is 15.5. The number of halogens is 3. The topological polar surface area (TPSA) is 64.8 Å². The van der Waals surface area contributed by atoms with Crippen LogP contribution in [0.2, 0.25) is 0 Å². The predicted molar refractivity (Wildman–Crippen MR) is 104 cm³/mol. The molecular formula is C20H16F3N3O2S. The lowest BCUT2D eigenvalue weighted by Crippen LogP contribution is -2.07. The molecule has 2 aromatic heterocycles. The van der Waals surface area contributed by atoms with E-state index in [1.165, 1.54) is 4.57 Å². The van der Waals surface area contributed by atoms with Crippen LogP contribution in [0.4, 0.5) is 13.2 Å². The summed E-state index contributed by atoms with van der Waals surface area (Å²) in [5, 5.41) is 1.55. The zero-order chi connectivity index (χ0) is 21.0. The van der Waals surface area contributed by atoms with Gasteiger partial charge in [0.15, 0.2) is 15.5 Å². The van der Waals surface area contributed by atoms with Gasteiger partial charge in [-0.1, -0.05) is 31.2 Å². The van der Waals surface area contributed by atoms with Gasteiger partial charge in [-0.25, -0.2) is 18.4 Å². The van der Waals surface area contributed by atoms with E-state index >= 15 is 0 Å². The molecule has 0 atom stereocenters. The molecule has 9 heteroatoms. The summed E-state index contributed by atoms with van der Waals surface area (Å²) in [4.78, 5) is 8.30. The minimum atomic E-state index is -4.54. The summed E-state index contributed by atoms with van der Waals surface area (Å²) in [6, 6.07) is 11.5. The third-order valence-corrected chi connectivity index (χ3v) is 6.61. The van der Waals surface area contributed by atoms with Crippen LogP contribution in [0.5, 0.6) is 0 Å². The van der Waals surface area contributed by atoms with Gasteiger partial charge in [-0.15, -0.1) is 0 Å². The Hall–Kier alpha value is -2.94. The van der Waals surface area contributed by atoms with Crippen LogP contribution < -0.4 is 0 Å². The number of fused-ring (bicyclic) bond motifs is 2. The van der Waals surface area contributed by atoms with E-state index in [9.17, 15) is 21.6 Å². The Morgan fingerprint density at radius 1 is 1.07 bits per heavy atom. The van der Waals surface area contributed by atoms with Gasteiger partial charge in [0.2, 0.25) is 0 Å². The minimum absolute atomic E-state index is 0.0466. The molecule has 0 N–H and O–H groups in total. The van der Waals surface area contributed by atoms with Crippen molar-refractivity contribution in [2.45, 2.75) is 18.0 Å².